The van der Waals surface area contributed by atoms with Crippen LogP contribution in [0.25, 0.3) is 0 Å². The monoisotopic (exact) mass is 346 g/mol. The first-order valence-electron chi connectivity index (χ1n) is 10.9. The molecule has 0 radical (unpaired) electrons. The predicted molar refractivity (Wildman–Crippen MR) is 113 cm³/mol. The Hall–Kier alpha value is -0.820. The quantitative estimate of drug-likeness (QED) is 0.237. The summed E-state index contributed by atoms with van der Waals surface area (Å²) in [4.78, 5) is 0. The van der Waals surface area contributed by atoms with Crippen molar-refractivity contribution < 1.29 is 4.48 Å². The molecule has 0 fully saturated rings. The Balaban J connectivity index is 2.11. The largest absolute Gasteiger partial charge is 0.328 e. The third kappa shape index (κ3) is 11.4. The van der Waals surface area contributed by atoms with E-state index in [0.29, 0.717) is 0 Å². The summed E-state index contributed by atoms with van der Waals surface area (Å²) in [5.41, 5.74) is 1.49. The van der Waals surface area contributed by atoms with E-state index in [2.05, 4.69) is 58.4 Å². The second-order valence-electron chi connectivity index (χ2n) is 8.78. The standard InChI is InChI=1S/C24H44N/c1-5-6-7-8-9-10-11-12-13-14-18-21-24(25(2,3)4)22-23-19-16-15-17-20-23/h15-17,19-20,24H,5-14,18,21-22H2,1-4H3/q+1. The van der Waals surface area contributed by atoms with Gasteiger partial charge in [-0.25, -0.2) is 0 Å². The molecule has 0 spiro atoms. The molecule has 0 aliphatic heterocycles. The number of nitrogens with zero attached hydrogens (tertiary/aromatic N) is 1. The van der Waals surface area contributed by atoms with Gasteiger partial charge in [-0.05, 0) is 18.4 Å². The Labute approximate surface area is 158 Å². The minimum atomic E-state index is 0.737. The molecular weight excluding hydrogens is 302 g/mol. The number of benzene rings is 1. The molecule has 0 heterocycles. The summed E-state index contributed by atoms with van der Waals surface area (Å²) in [5.74, 6) is 0. The summed E-state index contributed by atoms with van der Waals surface area (Å²) in [6, 6.07) is 11.8. The van der Waals surface area contributed by atoms with Gasteiger partial charge in [-0.2, -0.15) is 0 Å². The lowest BCUT2D eigenvalue weighted by molar-refractivity contribution is -0.896. The summed E-state index contributed by atoms with van der Waals surface area (Å²) in [5, 5.41) is 0. The highest BCUT2D eigenvalue weighted by Crippen LogP contribution is 2.19. The van der Waals surface area contributed by atoms with E-state index in [0.717, 1.165) is 10.5 Å². The van der Waals surface area contributed by atoms with E-state index in [9.17, 15) is 0 Å². The van der Waals surface area contributed by atoms with Gasteiger partial charge in [0.25, 0.3) is 0 Å². The van der Waals surface area contributed by atoms with Crippen LogP contribution in [0, 0.1) is 0 Å². The van der Waals surface area contributed by atoms with Crippen LogP contribution in [-0.2, 0) is 6.42 Å². The van der Waals surface area contributed by atoms with Crippen LogP contribution in [0.4, 0.5) is 0 Å². The van der Waals surface area contributed by atoms with Crippen LogP contribution in [0.5, 0.6) is 0 Å². The second kappa shape index (κ2) is 13.4. The summed E-state index contributed by atoms with van der Waals surface area (Å²) < 4.78 is 1.08. The van der Waals surface area contributed by atoms with E-state index >= 15 is 0 Å². The normalized spacial score (nSPS) is 13.1. The maximum Gasteiger partial charge on any atom is 0.0925 e. The molecule has 0 aliphatic carbocycles. The molecule has 144 valence electrons. The maximum absolute atomic E-state index is 2.35. The van der Waals surface area contributed by atoms with Crippen LogP contribution in [0.1, 0.15) is 89.5 Å². The first kappa shape index (κ1) is 22.2. The number of likely N-dealkylation sites (N-methyl/N-ethyl adjacent to an activating group) is 1. The minimum absolute atomic E-state index is 0.737. The van der Waals surface area contributed by atoms with Crippen LogP contribution < -0.4 is 0 Å². The highest BCUT2D eigenvalue weighted by Gasteiger charge is 2.23. The fraction of sp³-hybridized carbons (Fsp3) is 0.750. The first-order valence-corrected chi connectivity index (χ1v) is 10.9. The average Bonchev–Trinajstić information content (AvgIpc) is 2.58. The van der Waals surface area contributed by atoms with Crippen molar-refractivity contribution in [3.63, 3.8) is 0 Å². The average molecular weight is 347 g/mol. The fourth-order valence-electron chi connectivity index (χ4n) is 3.69. The molecule has 1 nitrogen and oxygen atoms in total. The number of rotatable bonds is 15. The molecule has 0 amide bonds. The first-order chi connectivity index (χ1) is 12.0. The third-order valence-corrected chi connectivity index (χ3v) is 5.55. The van der Waals surface area contributed by atoms with Crippen molar-refractivity contribution in [2.24, 2.45) is 0 Å². The molecule has 1 atom stereocenters. The van der Waals surface area contributed by atoms with Gasteiger partial charge in [-0.1, -0.05) is 101 Å². The van der Waals surface area contributed by atoms with E-state index in [-0.39, 0.29) is 0 Å². The lowest BCUT2D eigenvalue weighted by Crippen LogP contribution is -2.46. The van der Waals surface area contributed by atoms with Gasteiger partial charge >= 0.3 is 0 Å². The van der Waals surface area contributed by atoms with Crippen LogP contribution in [-0.4, -0.2) is 31.7 Å². The molecule has 0 saturated heterocycles. The summed E-state index contributed by atoms with van der Waals surface area (Å²) in [7, 11) is 7.06. The molecule has 1 aromatic carbocycles. The summed E-state index contributed by atoms with van der Waals surface area (Å²) >= 11 is 0. The molecule has 0 saturated carbocycles. The molecule has 1 heteroatoms. The zero-order valence-corrected chi connectivity index (χ0v) is 17.6. The lowest BCUT2D eigenvalue weighted by Gasteiger charge is -2.34. The zero-order valence-electron chi connectivity index (χ0n) is 17.6. The fourth-order valence-corrected chi connectivity index (χ4v) is 3.69. The van der Waals surface area contributed by atoms with Gasteiger partial charge in [-0.15, -0.1) is 0 Å². The second-order valence-corrected chi connectivity index (χ2v) is 8.78. The number of quaternary nitrogens is 1. The van der Waals surface area contributed by atoms with Crippen LogP contribution in [0.3, 0.4) is 0 Å². The van der Waals surface area contributed by atoms with Gasteiger partial charge in [0.1, 0.15) is 0 Å². The predicted octanol–water partition coefficient (Wildman–Crippen LogP) is 7.01. The van der Waals surface area contributed by atoms with Crippen molar-refractivity contribution in [1.82, 2.24) is 0 Å². The van der Waals surface area contributed by atoms with Gasteiger partial charge in [0.15, 0.2) is 0 Å². The Morgan fingerprint density at radius 1 is 0.680 bits per heavy atom. The Morgan fingerprint density at radius 2 is 1.16 bits per heavy atom. The van der Waals surface area contributed by atoms with E-state index in [4.69, 9.17) is 0 Å². The van der Waals surface area contributed by atoms with Crippen molar-refractivity contribution in [2.75, 3.05) is 21.1 Å². The van der Waals surface area contributed by atoms with E-state index < -0.39 is 0 Å². The molecule has 1 aromatic rings. The topological polar surface area (TPSA) is 0 Å². The highest BCUT2D eigenvalue weighted by molar-refractivity contribution is 5.15. The highest BCUT2D eigenvalue weighted by atomic mass is 15.3. The third-order valence-electron chi connectivity index (χ3n) is 5.55. The van der Waals surface area contributed by atoms with E-state index in [1.165, 1.54) is 89.0 Å². The maximum atomic E-state index is 2.35. The van der Waals surface area contributed by atoms with Gasteiger partial charge in [0.05, 0.1) is 27.2 Å². The van der Waals surface area contributed by atoms with Gasteiger partial charge in [-0.3, -0.25) is 0 Å². The van der Waals surface area contributed by atoms with Crippen molar-refractivity contribution in [3.05, 3.63) is 35.9 Å². The van der Waals surface area contributed by atoms with Crippen molar-refractivity contribution in [3.8, 4) is 0 Å². The van der Waals surface area contributed by atoms with E-state index in [1.807, 2.05) is 0 Å². The molecule has 1 rings (SSSR count). The minimum Gasteiger partial charge on any atom is -0.328 e. The van der Waals surface area contributed by atoms with Crippen LogP contribution >= 0.6 is 0 Å². The van der Waals surface area contributed by atoms with Gasteiger partial charge < -0.3 is 4.48 Å². The number of unbranched alkanes of at least 4 members (excludes halogenated alkanes) is 10. The molecule has 0 bridgehead atoms. The Morgan fingerprint density at radius 3 is 1.64 bits per heavy atom. The van der Waals surface area contributed by atoms with E-state index in [1.54, 1.807) is 0 Å². The van der Waals surface area contributed by atoms with Crippen LogP contribution in [0.15, 0.2) is 30.3 Å². The molecule has 0 N–H and O–H groups in total. The molecular formula is C24H44N+. The molecule has 0 aliphatic rings. The Bertz CT molecular complexity index is 404. The zero-order chi connectivity index (χ0) is 18.4. The smallest absolute Gasteiger partial charge is 0.0925 e. The SMILES string of the molecule is CCCCCCCCCCCCCC(Cc1ccccc1)[N+](C)(C)C. The van der Waals surface area contributed by atoms with Gasteiger partial charge in [0.2, 0.25) is 0 Å². The lowest BCUT2D eigenvalue weighted by atomic mass is 9.97. The van der Waals surface area contributed by atoms with Crippen molar-refractivity contribution in [1.29, 1.82) is 0 Å². The molecule has 1 unspecified atom stereocenters. The molecule has 25 heavy (non-hydrogen) atoms. The van der Waals surface area contributed by atoms with Crippen molar-refractivity contribution >= 4 is 0 Å². The number of hydrogen-bond acceptors (Lipinski definition) is 0. The summed E-state index contributed by atoms with van der Waals surface area (Å²) in [6.07, 6.45) is 18.3. The van der Waals surface area contributed by atoms with Crippen LogP contribution in [0.2, 0.25) is 0 Å². The molecule has 0 aromatic heterocycles. The van der Waals surface area contributed by atoms with Crippen molar-refractivity contribution in [2.45, 2.75) is 96.4 Å². The number of hydrogen-bond donors (Lipinski definition) is 0. The Kier molecular flexibility index (Phi) is 11.9. The van der Waals surface area contributed by atoms with Gasteiger partial charge in [0, 0.05) is 6.42 Å². The summed E-state index contributed by atoms with van der Waals surface area (Å²) in [6.45, 7) is 2.29.